The van der Waals surface area contributed by atoms with Crippen LogP contribution in [0.4, 0.5) is 0 Å². The van der Waals surface area contributed by atoms with E-state index in [0.717, 1.165) is 34.1 Å². The van der Waals surface area contributed by atoms with E-state index in [-0.39, 0.29) is 0 Å². The maximum absolute atomic E-state index is 6.01. The molecule has 0 aliphatic carbocycles. The molecular formula is C22H22O2. The zero-order chi connectivity index (χ0) is 17.1. The lowest BCUT2D eigenvalue weighted by molar-refractivity contribution is 0.463. The molecule has 0 saturated carbocycles. The van der Waals surface area contributed by atoms with Crippen LogP contribution < -0.4 is 9.47 Å². The van der Waals surface area contributed by atoms with Crippen molar-refractivity contribution in [3.63, 3.8) is 0 Å². The average molecular weight is 318 g/mol. The van der Waals surface area contributed by atoms with E-state index < -0.39 is 0 Å². The molecule has 0 atom stereocenters. The second kappa shape index (κ2) is 6.79. The monoisotopic (exact) mass is 318 g/mol. The molecule has 0 radical (unpaired) electrons. The highest BCUT2D eigenvalue weighted by Crippen LogP contribution is 2.34. The van der Waals surface area contributed by atoms with Crippen LogP contribution in [0.3, 0.4) is 0 Å². The lowest BCUT2D eigenvalue weighted by Gasteiger charge is -2.15. The van der Waals surface area contributed by atoms with Gasteiger partial charge in [0, 0.05) is 0 Å². The number of aryl methyl sites for hydroxylation is 2. The van der Waals surface area contributed by atoms with Crippen LogP contribution in [0.25, 0.3) is 0 Å². The molecule has 3 aromatic rings. The van der Waals surface area contributed by atoms with Crippen LogP contribution in [0.1, 0.15) is 22.3 Å². The van der Waals surface area contributed by atoms with Crippen molar-refractivity contribution in [3.05, 3.63) is 82.9 Å². The highest BCUT2D eigenvalue weighted by molar-refractivity contribution is 5.50. The third-order valence-electron chi connectivity index (χ3n) is 4.19. The van der Waals surface area contributed by atoms with Crippen molar-refractivity contribution in [3.8, 4) is 23.0 Å². The standard InChI is InChI=1S/C22H22O2/c1-15-5-9-19(10-6-15)23-21-13-14-22(18(4)17(21)3)24-20-11-7-16(2)8-12-20/h5-14H,1-4H3. The Labute approximate surface area is 143 Å². The lowest BCUT2D eigenvalue weighted by Crippen LogP contribution is -1.94. The molecule has 0 aromatic heterocycles. The maximum Gasteiger partial charge on any atom is 0.130 e. The molecule has 3 rings (SSSR count). The molecule has 24 heavy (non-hydrogen) atoms. The molecule has 0 aliphatic rings. The van der Waals surface area contributed by atoms with Crippen molar-refractivity contribution in [2.75, 3.05) is 0 Å². The van der Waals surface area contributed by atoms with Gasteiger partial charge in [-0.1, -0.05) is 35.4 Å². The molecule has 0 amide bonds. The van der Waals surface area contributed by atoms with Gasteiger partial charge < -0.3 is 9.47 Å². The third-order valence-corrected chi connectivity index (χ3v) is 4.19. The molecule has 3 aromatic carbocycles. The van der Waals surface area contributed by atoms with E-state index in [1.54, 1.807) is 0 Å². The Morgan fingerprint density at radius 2 is 0.792 bits per heavy atom. The molecule has 2 heteroatoms. The van der Waals surface area contributed by atoms with E-state index in [9.17, 15) is 0 Å². The van der Waals surface area contributed by atoms with Gasteiger partial charge in [-0.05, 0) is 75.2 Å². The molecular weight excluding hydrogens is 296 g/mol. The Morgan fingerprint density at radius 3 is 1.12 bits per heavy atom. The predicted octanol–water partition coefficient (Wildman–Crippen LogP) is 6.50. The van der Waals surface area contributed by atoms with Crippen LogP contribution in [-0.2, 0) is 0 Å². The summed E-state index contributed by atoms with van der Waals surface area (Å²) < 4.78 is 12.0. The Balaban J connectivity index is 1.82. The van der Waals surface area contributed by atoms with Crippen LogP contribution in [-0.4, -0.2) is 0 Å². The fraction of sp³-hybridized carbons (Fsp3) is 0.182. The van der Waals surface area contributed by atoms with Gasteiger partial charge in [0.15, 0.2) is 0 Å². The smallest absolute Gasteiger partial charge is 0.130 e. The van der Waals surface area contributed by atoms with Crippen LogP contribution >= 0.6 is 0 Å². The number of ether oxygens (including phenoxy) is 2. The molecule has 0 bridgehead atoms. The van der Waals surface area contributed by atoms with Gasteiger partial charge in [0.25, 0.3) is 0 Å². The second-order valence-electron chi connectivity index (χ2n) is 6.14. The van der Waals surface area contributed by atoms with Crippen molar-refractivity contribution < 1.29 is 9.47 Å². The van der Waals surface area contributed by atoms with Crippen LogP contribution in [0, 0.1) is 27.7 Å². The van der Waals surface area contributed by atoms with Crippen LogP contribution in [0.15, 0.2) is 60.7 Å². The summed E-state index contributed by atoms with van der Waals surface area (Å²) in [4.78, 5) is 0. The normalized spacial score (nSPS) is 10.5. The van der Waals surface area contributed by atoms with E-state index in [1.165, 1.54) is 11.1 Å². The summed E-state index contributed by atoms with van der Waals surface area (Å²) in [5.74, 6) is 3.39. The summed E-state index contributed by atoms with van der Waals surface area (Å²) in [6.07, 6.45) is 0. The highest BCUT2D eigenvalue weighted by Gasteiger charge is 2.10. The topological polar surface area (TPSA) is 18.5 Å². The summed E-state index contributed by atoms with van der Waals surface area (Å²) >= 11 is 0. The Morgan fingerprint density at radius 1 is 0.458 bits per heavy atom. The molecule has 0 saturated heterocycles. The van der Waals surface area contributed by atoms with Gasteiger partial charge in [-0.2, -0.15) is 0 Å². The molecule has 0 N–H and O–H groups in total. The van der Waals surface area contributed by atoms with Crippen molar-refractivity contribution in [2.24, 2.45) is 0 Å². The van der Waals surface area contributed by atoms with Crippen molar-refractivity contribution in [1.29, 1.82) is 0 Å². The van der Waals surface area contributed by atoms with Crippen molar-refractivity contribution >= 4 is 0 Å². The highest BCUT2D eigenvalue weighted by atomic mass is 16.5. The molecule has 0 heterocycles. The molecule has 2 nitrogen and oxygen atoms in total. The first kappa shape index (κ1) is 16.1. The minimum absolute atomic E-state index is 0.843. The fourth-order valence-electron chi connectivity index (χ4n) is 2.46. The van der Waals surface area contributed by atoms with Crippen molar-refractivity contribution in [2.45, 2.75) is 27.7 Å². The first-order chi connectivity index (χ1) is 11.5. The average Bonchev–Trinajstić information content (AvgIpc) is 2.58. The number of hydrogen-bond donors (Lipinski definition) is 0. The summed E-state index contributed by atoms with van der Waals surface area (Å²) in [6.45, 7) is 8.24. The Bertz CT molecular complexity index is 759. The van der Waals surface area contributed by atoms with E-state index in [0.29, 0.717) is 0 Å². The van der Waals surface area contributed by atoms with Gasteiger partial charge in [-0.25, -0.2) is 0 Å². The van der Waals surface area contributed by atoms with E-state index in [2.05, 4.69) is 27.7 Å². The van der Waals surface area contributed by atoms with Gasteiger partial charge in [-0.15, -0.1) is 0 Å². The summed E-state index contributed by atoms with van der Waals surface area (Å²) in [5, 5.41) is 0. The van der Waals surface area contributed by atoms with E-state index >= 15 is 0 Å². The van der Waals surface area contributed by atoms with Crippen LogP contribution in [0.2, 0.25) is 0 Å². The summed E-state index contributed by atoms with van der Waals surface area (Å²) in [6, 6.07) is 20.1. The third kappa shape index (κ3) is 3.60. The Hall–Kier alpha value is -2.74. The number of hydrogen-bond acceptors (Lipinski definition) is 2. The lowest BCUT2D eigenvalue weighted by atomic mass is 10.1. The summed E-state index contributed by atoms with van der Waals surface area (Å²) in [7, 11) is 0. The second-order valence-corrected chi connectivity index (χ2v) is 6.14. The first-order valence-corrected chi connectivity index (χ1v) is 8.12. The number of benzene rings is 3. The van der Waals surface area contributed by atoms with Gasteiger partial charge in [0.1, 0.15) is 23.0 Å². The first-order valence-electron chi connectivity index (χ1n) is 8.12. The zero-order valence-corrected chi connectivity index (χ0v) is 14.6. The molecule has 0 spiro atoms. The quantitative estimate of drug-likeness (QED) is 0.546. The van der Waals surface area contributed by atoms with Crippen molar-refractivity contribution in [1.82, 2.24) is 0 Å². The minimum Gasteiger partial charge on any atom is -0.457 e. The number of rotatable bonds is 4. The van der Waals surface area contributed by atoms with E-state index in [4.69, 9.17) is 9.47 Å². The SMILES string of the molecule is Cc1ccc(Oc2ccc(Oc3ccc(C)cc3)c(C)c2C)cc1. The molecule has 0 fully saturated rings. The molecule has 122 valence electrons. The van der Waals surface area contributed by atoms with Gasteiger partial charge in [0.2, 0.25) is 0 Å². The zero-order valence-electron chi connectivity index (χ0n) is 14.6. The van der Waals surface area contributed by atoms with Gasteiger partial charge >= 0.3 is 0 Å². The summed E-state index contributed by atoms with van der Waals surface area (Å²) in [5.41, 5.74) is 4.61. The van der Waals surface area contributed by atoms with Crippen LogP contribution in [0.5, 0.6) is 23.0 Å². The fourth-order valence-corrected chi connectivity index (χ4v) is 2.46. The minimum atomic E-state index is 0.843. The van der Waals surface area contributed by atoms with Gasteiger partial charge in [-0.3, -0.25) is 0 Å². The Kier molecular flexibility index (Phi) is 4.57. The van der Waals surface area contributed by atoms with E-state index in [1.807, 2.05) is 60.7 Å². The maximum atomic E-state index is 6.01. The van der Waals surface area contributed by atoms with Gasteiger partial charge in [0.05, 0.1) is 0 Å². The largest absolute Gasteiger partial charge is 0.457 e. The predicted molar refractivity (Wildman–Crippen MR) is 98.4 cm³/mol. The molecule has 0 unspecified atom stereocenters. The molecule has 0 aliphatic heterocycles.